The molecule has 1 saturated heterocycles. The molecule has 1 heterocycles. The third-order valence-electron chi connectivity index (χ3n) is 6.78. The molecular formula is C25H33B3O9Si2. The molecule has 9 nitrogen and oxygen atoms in total. The Morgan fingerprint density at radius 2 is 0.692 bits per heavy atom. The van der Waals surface area contributed by atoms with Gasteiger partial charge in [0.05, 0.1) is 0 Å². The molecule has 39 heavy (non-hydrogen) atoms. The van der Waals surface area contributed by atoms with Crippen molar-refractivity contribution < 1.29 is 40.3 Å². The molecule has 3 aromatic carbocycles. The quantitative estimate of drug-likeness (QED) is 0.291. The molecule has 0 saturated carbocycles. The van der Waals surface area contributed by atoms with Gasteiger partial charge in [0.1, 0.15) is 0 Å². The van der Waals surface area contributed by atoms with Crippen molar-refractivity contribution >= 4 is 65.7 Å². The zero-order chi connectivity index (χ0) is 28.0. The van der Waals surface area contributed by atoms with Gasteiger partial charge in [-0.3, -0.25) is 0 Å². The number of benzene rings is 3. The van der Waals surface area contributed by atoms with Crippen LogP contribution in [0.4, 0.5) is 0 Å². The summed E-state index contributed by atoms with van der Waals surface area (Å²) < 4.78 is 52.6. The highest BCUT2D eigenvalue weighted by Gasteiger charge is 2.46. The predicted molar refractivity (Wildman–Crippen MR) is 156 cm³/mol. The van der Waals surface area contributed by atoms with Crippen LogP contribution in [-0.4, -0.2) is 81.6 Å². The highest BCUT2D eigenvalue weighted by Crippen LogP contribution is 2.13. The molecule has 0 aliphatic carbocycles. The van der Waals surface area contributed by atoms with Gasteiger partial charge in [0.2, 0.25) is 0 Å². The molecule has 0 spiro atoms. The van der Waals surface area contributed by atoms with Gasteiger partial charge >= 0.3 is 39.0 Å². The topological polar surface area (TPSA) is 83.1 Å². The molecule has 0 unspecified atom stereocenters. The van der Waals surface area contributed by atoms with E-state index in [1.807, 2.05) is 79.7 Å². The van der Waals surface area contributed by atoms with E-state index in [0.29, 0.717) is 0 Å². The van der Waals surface area contributed by atoms with E-state index < -0.39 is 39.0 Å². The number of hydrogen-bond donors (Lipinski definition) is 0. The number of hydrogen-bond acceptors (Lipinski definition) is 9. The van der Waals surface area contributed by atoms with E-state index in [-0.39, 0.29) is 0 Å². The largest absolute Gasteiger partial charge is 0.536 e. The second-order valence-electron chi connectivity index (χ2n) is 8.90. The molecular weight excluding hydrogens is 533 g/mol. The maximum absolute atomic E-state index is 6.33. The third kappa shape index (κ3) is 6.16. The average Bonchev–Trinajstić information content (AvgIpc) is 3.00. The van der Waals surface area contributed by atoms with Crippen LogP contribution in [0.2, 0.25) is 0 Å². The van der Waals surface area contributed by atoms with Crippen LogP contribution >= 0.6 is 0 Å². The minimum Gasteiger partial charge on any atom is -0.445 e. The van der Waals surface area contributed by atoms with Crippen molar-refractivity contribution in [1.29, 1.82) is 0 Å². The third-order valence-corrected chi connectivity index (χ3v) is 12.1. The summed E-state index contributed by atoms with van der Waals surface area (Å²) in [5.41, 5.74) is 3.67. The molecule has 0 aromatic heterocycles. The Labute approximate surface area is 233 Å². The van der Waals surface area contributed by atoms with Crippen LogP contribution in [0.1, 0.15) is 5.56 Å². The van der Waals surface area contributed by atoms with Crippen LogP contribution in [0.5, 0.6) is 0 Å². The van der Waals surface area contributed by atoms with Crippen LogP contribution in [0.15, 0.2) is 72.8 Å². The standard InChI is InChI=1S/C25H33B3O9Si2/c1-20-8-10-21(11-9-20)26-35-27(22-12-16-24(17-13-22)38(29-2,30-3)31-4)37-28(36-26)23-14-18-25(19-15-23)39(32-5,33-6)34-7/h8-19H,1-7H3. The summed E-state index contributed by atoms with van der Waals surface area (Å²) in [5, 5.41) is 1.66. The summed E-state index contributed by atoms with van der Waals surface area (Å²) in [6.07, 6.45) is 0. The molecule has 204 valence electrons. The van der Waals surface area contributed by atoms with E-state index in [4.69, 9.17) is 40.3 Å². The summed E-state index contributed by atoms with van der Waals surface area (Å²) >= 11 is 0. The average molecular weight is 566 g/mol. The van der Waals surface area contributed by atoms with E-state index in [1.165, 1.54) is 0 Å². The molecule has 0 N–H and O–H groups in total. The first-order valence-electron chi connectivity index (χ1n) is 12.4. The maximum atomic E-state index is 6.33. The lowest BCUT2D eigenvalue weighted by Gasteiger charge is -2.32. The van der Waals surface area contributed by atoms with Crippen molar-refractivity contribution in [2.45, 2.75) is 6.92 Å². The lowest BCUT2D eigenvalue weighted by molar-refractivity contribution is 0.140. The molecule has 0 radical (unpaired) electrons. The SMILES string of the molecule is CO[Si](OC)(OC)c1ccc(B2OB(c3ccc(C)cc3)OB(c3ccc([Si](OC)(OC)OC)cc3)O2)cc1. The predicted octanol–water partition coefficient (Wildman–Crippen LogP) is -0.285. The maximum Gasteiger partial charge on any atom is 0.536 e. The van der Waals surface area contributed by atoms with Gasteiger partial charge in [-0.05, 0) is 23.3 Å². The van der Waals surface area contributed by atoms with Crippen molar-refractivity contribution in [3.8, 4) is 0 Å². The van der Waals surface area contributed by atoms with Gasteiger partial charge in [-0.2, -0.15) is 0 Å². The normalized spacial score (nSPS) is 14.7. The summed E-state index contributed by atoms with van der Waals surface area (Å²) in [4.78, 5) is 0. The van der Waals surface area contributed by atoms with Crippen molar-refractivity contribution in [2.75, 3.05) is 42.7 Å². The van der Waals surface area contributed by atoms with Crippen LogP contribution in [0.3, 0.4) is 0 Å². The van der Waals surface area contributed by atoms with E-state index in [9.17, 15) is 0 Å². The summed E-state index contributed by atoms with van der Waals surface area (Å²) in [5.74, 6) is 0. The first kappa shape index (κ1) is 29.9. The fraction of sp³-hybridized carbons (Fsp3) is 0.280. The molecule has 1 fully saturated rings. The Bertz CT molecular complexity index is 1110. The van der Waals surface area contributed by atoms with Crippen molar-refractivity contribution in [2.24, 2.45) is 0 Å². The second-order valence-corrected chi connectivity index (χ2v) is 14.7. The van der Waals surface area contributed by atoms with Crippen molar-refractivity contribution in [3.63, 3.8) is 0 Å². The highest BCUT2D eigenvalue weighted by molar-refractivity contribution is 6.87. The second kappa shape index (κ2) is 13.1. The lowest BCUT2D eigenvalue weighted by atomic mass is 9.61. The smallest absolute Gasteiger partial charge is 0.445 e. The fourth-order valence-corrected chi connectivity index (χ4v) is 8.09. The first-order valence-corrected chi connectivity index (χ1v) is 15.9. The van der Waals surface area contributed by atoms with Crippen molar-refractivity contribution in [3.05, 3.63) is 78.4 Å². The Morgan fingerprint density at radius 1 is 0.436 bits per heavy atom. The monoisotopic (exact) mass is 566 g/mol. The van der Waals surface area contributed by atoms with Crippen molar-refractivity contribution in [1.82, 2.24) is 0 Å². The van der Waals surface area contributed by atoms with Gasteiger partial charge in [0.15, 0.2) is 0 Å². The van der Waals surface area contributed by atoms with E-state index in [1.54, 1.807) is 42.7 Å². The minimum atomic E-state index is -2.97. The molecule has 0 atom stereocenters. The van der Waals surface area contributed by atoms with Gasteiger partial charge in [0.25, 0.3) is 0 Å². The molecule has 14 heteroatoms. The molecule has 1 aliphatic rings. The van der Waals surface area contributed by atoms with Crippen LogP contribution in [0, 0.1) is 6.92 Å². The molecule has 0 bridgehead atoms. The number of rotatable bonds is 11. The first-order chi connectivity index (χ1) is 18.9. The van der Waals surface area contributed by atoms with E-state index in [2.05, 4.69) is 0 Å². The van der Waals surface area contributed by atoms with Crippen LogP contribution in [0.25, 0.3) is 0 Å². The van der Waals surface area contributed by atoms with E-state index >= 15 is 0 Å². The molecule has 0 amide bonds. The molecule has 4 rings (SSSR count). The van der Waals surface area contributed by atoms with Gasteiger partial charge in [-0.1, -0.05) is 78.4 Å². The molecule has 1 aliphatic heterocycles. The summed E-state index contributed by atoms with van der Waals surface area (Å²) in [6, 6.07) is 23.4. The summed E-state index contributed by atoms with van der Waals surface area (Å²) in [6.45, 7) is 2.04. The number of aryl methyl sites for hydroxylation is 1. The Balaban J connectivity index is 1.65. The van der Waals surface area contributed by atoms with Crippen LogP contribution < -0.4 is 26.8 Å². The zero-order valence-electron chi connectivity index (χ0n) is 23.3. The van der Waals surface area contributed by atoms with E-state index in [0.717, 1.165) is 32.3 Å². The summed E-state index contributed by atoms with van der Waals surface area (Å²) in [7, 11) is 1.51. The van der Waals surface area contributed by atoms with Gasteiger partial charge in [0, 0.05) is 53.0 Å². The molecule has 3 aromatic rings. The Hall–Kier alpha value is -2.07. The van der Waals surface area contributed by atoms with Crippen LogP contribution in [-0.2, 0) is 40.3 Å². The Kier molecular flexibility index (Phi) is 10.0. The fourth-order valence-electron chi connectivity index (χ4n) is 4.52. The Morgan fingerprint density at radius 3 is 0.949 bits per heavy atom. The zero-order valence-corrected chi connectivity index (χ0v) is 25.3. The van der Waals surface area contributed by atoms with Gasteiger partial charge in [-0.25, -0.2) is 0 Å². The van der Waals surface area contributed by atoms with Gasteiger partial charge in [-0.15, -0.1) is 0 Å². The minimum absolute atomic E-state index is 0.649. The lowest BCUT2D eigenvalue weighted by Crippen LogP contribution is -2.62. The van der Waals surface area contributed by atoms with Gasteiger partial charge < -0.3 is 40.3 Å². The highest BCUT2D eigenvalue weighted by atomic mass is 28.4.